The van der Waals surface area contributed by atoms with Gasteiger partial charge in [0.1, 0.15) is 12.3 Å². The van der Waals surface area contributed by atoms with Crippen LogP contribution in [0.4, 0.5) is 5.69 Å². The number of methoxy groups -OCH3 is 1. The molecule has 214 valence electrons. The number of H-pyrrole nitrogens is 1. The number of carbonyl (C=O) groups is 2. The van der Waals surface area contributed by atoms with E-state index in [-0.39, 0.29) is 36.9 Å². The Morgan fingerprint density at radius 3 is 2.49 bits per heavy atom. The van der Waals surface area contributed by atoms with Crippen LogP contribution in [-0.2, 0) is 22.5 Å². The number of nitrogens with zero attached hydrogens (tertiary/aromatic N) is 3. The minimum atomic E-state index is -0.551. The molecular formula is C31H34N4O6. The van der Waals surface area contributed by atoms with Crippen LogP contribution in [0, 0.1) is 10.1 Å². The Morgan fingerprint density at radius 1 is 0.976 bits per heavy atom. The summed E-state index contributed by atoms with van der Waals surface area (Å²) in [5, 5.41) is 12.4. The van der Waals surface area contributed by atoms with E-state index in [0.29, 0.717) is 26.1 Å². The molecule has 1 N–H and O–H groups in total. The van der Waals surface area contributed by atoms with Crippen molar-refractivity contribution in [1.82, 2.24) is 14.8 Å². The SMILES string of the molecule is CCOc1ccc(CN(CCc2c[nH]c3ccccc23)C(=O)CN(CCOC)C(=O)c2cccc([N+](=O)[O-])c2)cc1. The van der Waals surface area contributed by atoms with Crippen LogP contribution >= 0.6 is 0 Å². The Balaban J connectivity index is 1.56. The maximum Gasteiger partial charge on any atom is 0.270 e. The van der Waals surface area contributed by atoms with Crippen LogP contribution in [0.1, 0.15) is 28.4 Å². The number of fused-ring (bicyclic) bond motifs is 1. The number of carbonyl (C=O) groups excluding carboxylic acids is 2. The van der Waals surface area contributed by atoms with Gasteiger partial charge in [0.2, 0.25) is 5.91 Å². The Labute approximate surface area is 238 Å². The van der Waals surface area contributed by atoms with Crippen LogP contribution in [0.15, 0.2) is 79.0 Å². The van der Waals surface area contributed by atoms with Gasteiger partial charge < -0.3 is 24.3 Å². The number of ether oxygens (including phenoxy) is 2. The van der Waals surface area contributed by atoms with Gasteiger partial charge in [0.15, 0.2) is 0 Å². The maximum absolute atomic E-state index is 13.8. The third kappa shape index (κ3) is 7.70. The van der Waals surface area contributed by atoms with Crippen molar-refractivity contribution in [2.45, 2.75) is 19.9 Å². The number of hydrogen-bond donors (Lipinski definition) is 1. The molecule has 0 fully saturated rings. The first-order valence-electron chi connectivity index (χ1n) is 13.5. The topological polar surface area (TPSA) is 118 Å². The lowest BCUT2D eigenvalue weighted by molar-refractivity contribution is -0.384. The molecule has 0 aliphatic rings. The van der Waals surface area contributed by atoms with Crippen LogP contribution in [0.25, 0.3) is 10.9 Å². The van der Waals surface area contributed by atoms with Gasteiger partial charge in [-0.3, -0.25) is 19.7 Å². The van der Waals surface area contributed by atoms with Gasteiger partial charge in [0.25, 0.3) is 11.6 Å². The zero-order chi connectivity index (χ0) is 29.2. The second-order valence-corrected chi connectivity index (χ2v) is 9.53. The molecule has 0 bridgehead atoms. The molecule has 0 aliphatic carbocycles. The highest BCUT2D eigenvalue weighted by Gasteiger charge is 2.24. The van der Waals surface area contributed by atoms with E-state index in [9.17, 15) is 19.7 Å². The second kappa shape index (κ2) is 14.1. The molecule has 2 amide bonds. The lowest BCUT2D eigenvalue weighted by Crippen LogP contribution is -2.44. The summed E-state index contributed by atoms with van der Waals surface area (Å²) >= 11 is 0. The molecule has 1 heterocycles. The number of nitrogens with one attached hydrogen (secondary N) is 1. The van der Waals surface area contributed by atoms with E-state index in [1.807, 2.05) is 61.7 Å². The van der Waals surface area contributed by atoms with Crippen LogP contribution in [0.5, 0.6) is 5.75 Å². The van der Waals surface area contributed by atoms with E-state index in [4.69, 9.17) is 9.47 Å². The third-order valence-electron chi connectivity index (χ3n) is 6.77. The largest absolute Gasteiger partial charge is 0.494 e. The molecule has 0 unspecified atom stereocenters. The number of aromatic amines is 1. The number of rotatable bonds is 14. The van der Waals surface area contributed by atoms with Crippen molar-refractivity contribution in [3.8, 4) is 5.75 Å². The molecule has 4 aromatic rings. The maximum atomic E-state index is 13.8. The molecule has 0 radical (unpaired) electrons. The fourth-order valence-corrected chi connectivity index (χ4v) is 4.62. The first-order chi connectivity index (χ1) is 19.9. The first kappa shape index (κ1) is 29.3. The number of nitro groups is 1. The lowest BCUT2D eigenvalue weighted by Gasteiger charge is -2.28. The highest BCUT2D eigenvalue weighted by molar-refractivity contribution is 5.97. The van der Waals surface area contributed by atoms with Gasteiger partial charge in [-0.1, -0.05) is 36.4 Å². The van der Waals surface area contributed by atoms with E-state index < -0.39 is 10.8 Å². The van der Waals surface area contributed by atoms with Gasteiger partial charge >= 0.3 is 0 Å². The number of amides is 2. The van der Waals surface area contributed by atoms with Crippen molar-refractivity contribution in [2.75, 3.05) is 40.0 Å². The molecule has 41 heavy (non-hydrogen) atoms. The smallest absolute Gasteiger partial charge is 0.270 e. The number of non-ortho nitro benzene ring substituents is 1. The van der Waals surface area contributed by atoms with E-state index in [2.05, 4.69) is 4.98 Å². The number of nitro benzene ring substituents is 1. The quantitative estimate of drug-likeness (QED) is 0.175. The predicted octanol–water partition coefficient (Wildman–Crippen LogP) is 4.83. The molecule has 1 aromatic heterocycles. The van der Waals surface area contributed by atoms with Gasteiger partial charge in [-0.2, -0.15) is 0 Å². The minimum absolute atomic E-state index is 0.139. The van der Waals surface area contributed by atoms with Gasteiger partial charge in [0, 0.05) is 61.5 Å². The predicted molar refractivity (Wildman–Crippen MR) is 156 cm³/mol. The fourth-order valence-electron chi connectivity index (χ4n) is 4.62. The molecule has 4 rings (SSSR count). The van der Waals surface area contributed by atoms with Crippen molar-refractivity contribution in [2.24, 2.45) is 0 Å². The number of aromatic nitrogens is 1. The van der Waals surface area contributed by atoms with Crippen LogP contribution in [0.3, 0.4) is 0 Å². The highest BCUT2D eigenvalue weighted by Crippen LogP contribution is 2.20. The Kier molecular flexibility index (Phi) is 10.1. The average Bonchev–Trinajstić information content (AvgIpc) is 3.41. The lowest BCUT2D eigenvalue weighted by atomic mass is 10.1. The zero-order valence-electron chi connectivity index (χ0n) is 23.2. The van der Waals surface area contributed by atoms with Crippen LogP contribution < -0.4 is 4.74 Å². The third-order valence-corrected chi connectivity index (χ3v) is 6.77. The first-order valence-corrected chi connectivity index (χ1v) is 13.5. The molecule has 0 atom stereocenters. The number of hydrogen-bond acceptors (Lipinski definition) is 6. The highest BCUT2D eigenvalue weighted by atomic mass is 16.6. The molecule has 10 nitrogen and oxygen atoms in total. The molecular weight excluding hydrogens is 524 g/mol. The molecule has 3 aromatic carbocycles. The Hall–Kier alpha value is -4.70. The van der Waals surface area contributed by atoms with E-state index in [1.165, 1.54) is 36.3 Å². The van der Waals surface area contributed by atoms with E-state index in [1.54, 1.807) is 4.90 Å². The van der Waals surface area contributed by atoms with Crippen molar-refractivity contribution in [3.05, 3.63) is 106 Å². The molecule has 10 heteroatoms. The van der Waals surface area contributed by atoms with Gasteiger partial charge in [0.05, 0.1) is 18.1 Å². The van der Waals surface area contributed by atoms with Crippen molar-refractivity contribution < 1.29 is 24.0 Å². The van der Waals surface area contributed by atoms with Gasteiger partial charge in [-0.25, -0.2) is 0 Å². The minimum Gasteiger partial charge on any atom is -0.494 e. The van der Waals surface area contributed by atoms with E-state index >= 15 is 0 Å². The van der Waals surface area contributed by atoms with Crippen molar-refractivity contribution in [1.29, 1.82) is 0 Å². The molecule has 0 spiro atoms. The van der Waals surface area contributed by atoms with E-state index in [0.717, 1.165) is 27.8 Å². The Morgan fingerprint density at radius 2 is 1.76 bits per heavy atom. The second-order valence-electron chi connectivity index (χ2n) is 9.53. The van der Waals surface area contributed by atoms with Gasteiger partial charge in [-0.05, 0) is 48.7 Å². The van der Waals surface area contributed by atoms with Crippen LogP contribution in [-0.4, -0.2) is 71.5 Å². The zero-order valence-corrected chi connectivity index (χ0v) is 23.2. The summed E-state index contributed by atoms with van der Waals surface area (Å²) in [7, 11) is 1.51. The summed E-state index contributed by atoms with van der Waals surface area (Å²) in [6, 6.07) is 21.1. The summed E-state index contributed by atoms with van der Waals surface area (Å²) in [5.74, 6) is 0.0339. The Bertz CT molecular complexity index is 1480. The van der Waals surface area contributed by atoms with Gasteiger partial charge in [-0.15, -0.1) is 0 Å². The summed E-state index contributed by atoms with van der Waals surface area (Å²) in [4.78, 5) is 44.3. The summed E-state index contributed by atoms with van der Waals surface area (Å²) in [6.45, 7) is 3.42. The molecule has 0 saturated heterocycles. The number of benzene rings is 3. The van der Waals surface area contributed by atoms with Crippen molar-refractivity contribution >= 4 is 28.4 Å². The summed E-state index contributed by atoms with van der Waals surface area (Å²) in [6.07, 6.45) is 2.57. The average molecular weight is 559 g/mol. The standard InChI is InChI=1S/C31H34N4O6/c1-3-41-27-13-11-23(12-14-27)21-33(16-15-25-20-32-29-10-5-4-9-28(25)29)30(36)22-34(17-18-40-2)31(37)24-7-6-8-26(19-24)35(38)39/h4-14,19-20,32H,3,15-18,21-22H2,1-2H3. The summed E-state index contributed by atoms with van der Waals surface area (Å²) in [5.41, 5.74) is 2.99. The van der Waals surface area contributed by atoms with Crippen molar-refractivity contribution in [3.63, 3.8) is 0 Å². The normalized spacial score (nSPS) is 10.9. The fraction of sp³-hybridized carbons (Fsp3) is 0.290. The monoisotopic (exact) mass is 558 g/mol. The molecule has 0 saturated carbocycles. The number of para-hydroxylation sites is 1. The molecule has 0 aliphatic heterocycles. The summed E-state index contributed by atoms with van der Waals surface area (Å²) < 4.78 is 10.7. The van der Waals surface area contributed by atoms with Crippen LogP contribution in [0.2, 0.25) is 0 Å².